The molecule has 3 atom stereocenters. The van der Waals surface area contributed by atoms with E-state index in [0.717, 1.165) is 38.9 Å². The SMILES string of the molecule is CC(C)(C)OC(=O)N1C[C@@H]2C[C@H]1C2OC1(C)CCNCC1. The maximum Gasteiger partial charge on any atom is 0.410 e. The van der Waals surface area contributed by atoms with E-state index in [4.69, 9.17) is 9.47 Å². The van der Waals surface area contributed by atoms with Crippen LogP contribution in [0, 0.1) is 5.92 Å². The third-order valence-corrected chi connectivity index (χ3v) is 4.93. The van der Waals surface area contributed by atoms with E-state index in [-0.39, 0.29) is 23.8 Å². The van der Waals surface area contributed by atoms with E-state index in [1.54, 1.807) is 0 Å². The predicted molar refractivity (Wildman–Crippen MR) is 80.2 cm³/mol. The molecule has 21 heavy (non-hydrogen) atoms. The zero-order valence-electron chi connectivity index (χ0n) is 13.6. The molecule has 0 spiro atoms. The number of fused-ring (bicyclic) bond motifs is 1. The van der Waals surface area contributed by atoms with Crippen LogP contribution >= 0.6 is 0 Å². The molecule has 1 amide bonds. The van der Waals surface area contributed by atoms with Crippen LogP contribution in [0.2, 0.25) is 0 Å². The minimum atomic E-state index is -0.429. The number of amides is 1. The summed E-state index contributed by atoms with van der Waals surface area (Å²) in [5.74, 6) is 0.495. The molecule has 0 radical (unpaired) electrons. The fraction of sp³-hybridized carbons (Fsp3) is 0.938. The summed E-state index contributed by atoms with van der Waals surface area (Å²) in [6, 6.07) is 0.219. The quantitative estimate of drug-likeness (QED) is 0.848. The lowest BCUT2D eigenvalue weighted by Gasteiger charge is -2.44. The molecule has 4 rings (SSSR count). The van der Waals surface area contributed by atoms with Crippen LogP contribution in [0.5, 0.6) is 0 Å². The van der Waals surface area contributed by atoms with Crippen LogP contribution in [0.3, 0.4) is 0 Å². The van der Waals surface area contributed by atoms with Crippen LogP contribution in [0.1, 0.15) is 47.0 Å². The van der Waals surface area contributed by atoms with E-state index < -0.39 is 5.60 Å². The highest BCUT2D eigenvalue weighted by Gasteiger charge is 2.57. The minimum absolute atomic E-state index is 0.0310. The van der Waals surface area contributed by atoms with Crippen molar-refractivity contribution in [3.8, 4) is 0 Å². The van der Waals surface area contributed by atoms with Gasteiger partial charge < -0.3 is 19.7 Å². The molecule has 0 aromatic heterocycles. The molecule has 4 aliphatic rings. The minimum Gasteiger partial charge on any atom is -0.444 e. The lowest BCUT2D eigenvalue weighted by molar-refractivity contribution is -0.149. The lowest BCUT2D eigenvalue weighted by atomic mass is 9.81. The van der Waals surface area contributed by atoms with Gasteiger partial charge in [0, 0.05) is 12.5 Å². The summed E-state index contributed by atoms with van der Waals surface area (Å²) in [4.78, 5) is 14.1. The summed E-state index contributed by atoms with van der Waals surface area (Å²) in [5, 5.41) is 3.38. The summed E-state index contributed by atoms with van der Waals surface area (Å²) in [5.41, 5.74) is -0.460. The molecule has 3 heterocycles. The van der Waals surface area contributed by atoms with Gasteiger partial charge >= 0.3 is 6.09 Å². The average molecular weight is 296 g/mol. The van der Waals surface area contributed by atoms with Crippen molar-refractivity contribution in [3.05, 3.63) is 0 Å². The molecular weight excluding hydrogens is 268 g/mol. The van der Waals surface area contributed by atoms with Gasteiger partial charge in [0.05, 0.1) is 17.7 Å². The Hall–Kier alpha value is -0.810. The van der Waals surface area contributed by atoms with Crippen molar-refractivity contribution < 1.29 is 14.3 Å². The summed E-state index contributed by atoms with van der Waals surface area (Å²) in [6.45, 7) is 10.8. The normalized spacial score (nSPS) is 34.5. The second-order valence-electron chi connectivity index (χ2n) is 7.98. The van der Waals surface area contributed by atoms with E-state index in [9.17, 15) is 4.79 Å². The van der Waals surface area contributed by atoms with Crippen LogP contribution in [0.4, 0.5) is 4.79 Å². The monoisotopic (exact) mass is 296 g/mol. The number of piperidine rings is 1. The molecule has 3 aliphatic heterocycles. The number of carbonyl (C=O) groups excluding carboxylic acids is 1. The van der Waals surface area contributed by atoms with Crippen molar-refractivity contribution in [1.29, 1.82) is 0 Å². The number of carbonyl (C=O) groups is 1. The Kier molecular flexibility index (Phi) is 3.69. The number of rotatable bonds is 2. The summed E-state index contributed by atoms with van der Waals surface area (Å²) < 4.78 is 11.9. The Morgan fingerprint density at radius 2 is 1.95 bits per heavy atom. The van der Waals surface area contributed by atoms with Crippen molar-refractivity contribution in [3.63, 3.8) is 0 Å². The van der Waals surface area contributed by atoms with Crippen LogP contribution in [-0.4, -0.2) is 54.0 Å². The fourth-order valence-electron chi connectivity index (χ4n) is 3.68. The first-order chi connectivity index (χ1) is 9.77. The maximum atomic E-state index is 12.3. The first-order valence-electron chi connectivity index (χ1n) is 8.16. The van der Waals surface area contributed by atoms with Crippen LogP contribution in [0.25, 0.3) is 0 Å². The van der Waals surface area contributed by atoms with Crippen molar-refractivity contribution in [2.75, 3.05) is 19.6 Å². The Balaban J connectivity index is 1.58. The van der Waals surface area contributed by atoms with Gasteiger partial charge in [0.2, 0.25) is 0 Å². The predicted octanol–water partition coefficient (Wildman–Crippen LogP) is 2.15. The van der Waals surface area contributed by atoms with Gasteiger partial charge in [0.1, 0.15) is 5.60 Å². The Bertz CT molecular complexity index is 412. The van der Waals surface area contributed by atoms with Gasteiger partial charge in [0.15, 0.2) is 0 Å². The fourth-order valence-corrected chi connectivity index (χ4v) is 3.68. The zero-order valence-corrected chi connectivity index (χ0v) is 13.6. The molecule has 1 aliphatic carbocycles. The summed E-state index contributed by atoms with van der Waals surface area (Å²) >= 11 is 0. The average Bonchev–Trinajstić information content (AvgIpc) is 2.93. The number of hydrogen-bond acceptors (Lipinski definition) is 4. The molecule has 3 saturated heterocycles. The molecule has 1 N–H and O–H groups in total. The molecule has 0 aromatic carbocycles. The Morgan fingerprint density at radius 3 is 2.57 bits per heavy atom. The third-order valence-electron chi connectivity index (χ3n) is 4.93. The van der Waals surface area contributed by atoms with Gasteiger partial charge in [-0.2, -0.15) is 0 Å². The van der Waals surface area contributed by atoms with Crippen molar-refractivity contribution >= 4 is 6.09 Å². The molecule has 1 unspecified atom stereocenters. The van der Waals surface area contributed by atoms with E-state index in [2.05, 4.69) is 12.2 Å². The van der Waals surface area contributed by atoms with Crippen molar-refractivity contribution in [2.24, 2.45) is 5.92 Å². The number of ether oxygens (including phenoxy) is 2. The molecule has 0 aromatic rings. The van der Waals surface area contributed by atoms with Gasteiger partial charge in [-0.3, -0.25) is 0 Å². The standard InChI is InChI=1S/C16H28N2O3/c1-15(2,3)21-14(19)18-10-11-9-12(18)13(11)20-16(4)5-7-17-8-6-16/h11-13,17H,5-10H2,1-4H3/t11-,12-,13?/m0/s1. The molecule has 5 heteroatoms. The van der Waals surface area contributed by atoms with Gasteiger partial charge in [-0.1, -0.05) is 0 Å². The topological polar surface area (TPSA) is 50.8 Å². The van der Waals surface area contributed by atoms with Gasteiger partial charge in [-0.05, 0) is 60.0 Å². The molecule has 120 valence electrons. The zero-order chi connectivity index (χ0) is 15.3. The smallest absolute Gasteiger partial charge is 0.410 e. The third kappa shape index (κ3) is 3.04. The number of nitrogens with one attached hydrogen (secondary N) is 1. The van der Waals surface area contributed by atoms with E-state index in [0.29, 0.717) is 5.92 Å². The van der Waals surface area contributed by atoms with Gasteiger partial charge in [-0.15, -0.1) is 0 Å². The highest BCUT2D eigenvalue weighted by Crippen LogP contribution is 2.46. The highest BCUT2D eigenvalue weighted by molar-refractivity contribution is 5.70. The number of hydrogen-bond donors (Lipinski definition) is 1. The van der Waals surface area contributed by atoms with Crippen molar-refractivity contribution in [2.45, 2.75) is 70.3 Å². The van der Waals surface area contributed by atoms with Crippen LogP contribution in [0.15, 0.2) is 0 Å². The summed E-state index contributed by atoms with van der Waals surface area (Å²) in [6.07, 6.45) is 3.19. The van der Waals surface area contributed by atoms with Crippen LogP contribution in [-0.2, 0) is 9.47 Å². The Morgan fingerprint density at radius 1 is 1.29 bits per heavy atom. The number of nitrogens with zero attached hydrogens (tertiary/aromatic N) is 1. The van der Waals surface area contributed by atoms with E-state index >= 15 is 0 Å². The summed E-state index contributed by atoms with van der Waals surface area (Å²) in [7, 11) is 0. The second-order valence-corrected chi connectivity index (χ2v) is 7.98. The van der Waals surface area contributed by atoms with Gasteiger partial charge in [0.25, 0.3) is 0 Å². The van der Waals surface area contributed by atoms with Crippen molar-refractivity contribution in [1.82, 2.24) is 10.2 Å². The van der Waals surface area contributed by atoms with Gasteiger partial charge in [-0.25, -0.2) is 4.79 Å². The first-order valence-corrected chi connectivity index (χ1v) is 8.16. The Labute approximate surface area is 127 Å². The second kappa shape index (κ2) is 5.13. The van der Waals surface area contributed by atoms with E-state index in [1.807, 2.05) is 25.7 Å². The maximum absolute atomic E-state index is 12.3. The van der Waals surface area contributed by atoms with Crippen LogP contribution < -0.4 is 5.32 Å². The molecular formula is C16H28N2O3. The first kappa shape index (κ1) is 15.1. The molecule has 2 bridgehead atoms. The molecule has 4 fully saturated rings. The highest BCUT2D eigenvalue weighted by atomic mass is 16.6. The molecule has 5 nitrogen and oxygen atoms in total. The largest absolute Gasteiger partial charge is 0.444 e. The lowest BCUT2D eigenvalue weighted by Crippen LogP contribution is -2.53. The van der Waals surface area contributed by atoms with E-state index in [1.165, 1.54) is 0 Å². The molecule has 1 saturated carbocycles.